The minimum atomic E-state index is -1.04. The number of benzene rings is 1. The van der Waals surface area contributed by atoms with E-state index in [0.29, 0.717) is 6.42 Å². The van der Waals surface area contributed by atoms with E-state index in [1.807, 2.05) is 36.4 Å². The fraction of sp³-hybridized carbons (Fsp3) is 0.333. The Hall–Kier alpha value is -2.68. The van der Waals surface area contributed by atoms with Gasteiger partial charge < -0.3 is 5.32 Å². The molecule has 1 heterocycles. The molecule has 1 aromatic rings. The predicted octanol–water partition coefficient (Wildman–Crippen LogP) is 0.385. The molecule has 0 saturated carbocycles. The van der Waals surface area contributed by atoms with Crippen molar-refractivity contribution in [1.82, 2.24) is 10.2 Å². The van der Waals surface area contributed by atoms with E-state index in [1.54, 1.807) is 0 Å². The van der Waals surface area contributed by atoms with Crippen molar-refractivity contribution in [3.8, 4) is 6.07 Å². The first-order valence-corrected chi connectivity index (χ1v) is 6.59. The molecule has 0 aliphatic carbocycles. The maximum Gasteiger partial charge on any atom is 0.252 e. The molecular formula is C15H15N3O3. The quantitative estimate of drug-likeness (QED) is 0.869. The van der Waals surface area contributed by atoms with Gasteiger partial charge in [-0.2, -0.15) is 5.26 Å². The molecule has 0 aromatic heterocycles. The molecule has 1 aromatic carbocycles. The lowest BCUT2D eigenvalue weighted by atomic mass is 9.99. The zero-order chi connectivity index (χ0) is 15.4. The zero-order valence-electron chi connectivity index (χ0n) is 11.6. The van der Waals surface area contributed by atoms with Gasteiger partial charge in [0.1, 0.15) is 12.1 Å². The van der Waals surface area contributed by atoms with Crippen LogP contribution in [0, 0.1) is 11.3 Å². The molecule has 2 unspecified atom stereocenters. The van der Waals surface area contributed by atoms with E-state index in [0.717, 1.165) is 10.5 Å². The third-order valence-electron chi connectivity index (χ3n) is 3.37. The van der Waals surface area contributed by atoms with Crippen molar-refractivity contribution in [2.75, 3.05) is 0 Å². The SMILES string of the molecule is CC(=O)N1C(=O)C(Cc2ccccc2)NC(=O)C1CC#N. The number of hydrogen-bond donors (Lipinski definition) is 1. The third-order valence-corrected chi connectivity index (χ3v) is 3.37. The molecule has 0 radical (unpaired) electrons. The Morgan fingerprint density at radius 1 is 1.33 bits per heavy atom. The molecule has 3 amide bonds. The summed E-state index contributed by atoms with van der Waals surface area (Å²) in [5.41, 5.74) is 0.887. The van der Waals surface area contributed by atoms with Gasteiger partial charge in [0.05, 0.1) is 12.5 Å². The van der Waals surface area contributed by atoms with Gasteiger partial charge >= 0.3 is 0 Å². The number of amides is 3. The summed E-state index contributed by atoms with van der Waals surface area (Å²) < 4.78 is 0. The molecule has 108 valence electrons. The van der Waals surface area contributed by atoms with Crippen LogP contribution in [0.25, 0.3) is 0 Å². The van der Waals surface area contributed by atoms with Crippen LogP contribution in [0.5, 0.6) is 0 Å². The Balaban J connectivity index is 2.23. The van der Waals surface area contributed by atoms with Crippen LogP contribution < -0.4 is 5.32 Å². The summed E-state index contributed by atoms with van der Waals surface area (Å²) in [7, 11) is 0. The molecule has 2 rings (SSSR count). The van der Waals surface area contributed by atoms with Gasteiger partial charge in [-0.05, 0) is 5.56 Å². The number of nitriles is 1. The highest BCUT2D eigenvalue weighted by atomic mass is 16.2. The van der Waals surface area contributed by atoms with Crippen molar-refractivity contribution >= 4 is 17.7 Å². The summed E-state index contributed by atoms with van der Waals surface area (Å²) in [5.74, 6) is -1.45. The number of carbonyl (C=O) groups is 3. The van der Waals surface area contributed by atoms with E-state index in [2.05, 4.69) is 5.32 Å². The van der Waals surface area contributed by atoms with Crippen molar-refractivity contribution in [2.45, 2.75) is 31.8 Å². The summed E-state index contributed by atoms with van der Waals surface area (Å²) >= 11 is 0. The Bertz CT molecular complexity index is 606. The lowest BCUT2D eigenvalue weighted by Gasteiger charge is -2.36. The van der Waals surface area contributed by atoms with E-state index in [-0.39, 0.29) is 6.42 Å². The number of piperazine rings is 1. The minimum absolute atomic E-state index is 0.199. The highest BCUT2D eigenvalue weighted by Crippen LogP contribution is 2.16. The normalized spacial score (nSPS) is 21.6. The number of rotatable bonds is 3. The van der Waals surface area contributed by atoms with E-state index >= 15 is 0 Å². The number of nitrogens with zero attached hydrogens (tertiary/aromatic N) is 2. The molecule has 21 heavy (non-hydrogen) atoms. The van der Waals surface area contributed by atoms with Crippen LogP contribution in [0.15, 0.2) is 30.3 Å². The van der Waals surface area contributed by atoms with Crippen molar-refractivity contribution in [1.29, 1.82) is 5.26 Å². The molecule has 0 bridgehead atoms. The highest BCUT2D eigenvalue weighted by Gasteiger charge is 2.42. The van der Waals surface area contributed by atoms with Crippen molar-refractivity contribution in [3.05, 3.63) is 35.9 Å². The average Bonchev–Trinajstić information content (AvgIpc) is 2.45. The second-order valence-corrected chi connectivity index (χ2v) is 4.86. The molecule has 6 nitrogen and oxygen atoms in total. The van der Waals surface area contributed by atoms with Gasteiger partial charge in [0, 0.05) is 13.3 Å². The molecule has 1 N–H and O–H groups in total. The first kappa shape index (κ1) is 14.7. The van der Waals surface area contributed by atoms with Gasteiger partial charge in [0.25, 0.3) is 5.91 Å². The first-order chi connectivity index (χ1) is 10.0. The van der Waals surface area contributed by atoms with Crippen LogP contribution >= 0.6 is 0 Å². The number of carbonyl (C=O) groups excluding carboxylic acids is 3. The second-order valence-electron chi connectivity index (χ2n) is 4.86. The Morgan fingerprint density at radius 2 is 2.00 bits per heavy atom. The smallest absolute Gasteiger partial charge is 0.252 e. The minimum Gasteiger partial charge on any atom is -0.342 e. The van der Waals surface area contributed by atoms with E-state index in [1.165, 1.54) is 6.92 Å². The van der Waals surface area contributed by atoms with Gasteiger partial charge in [-0.3, -0.25) is 19.3 Å². The lowest BCUT2D eigenvalue weighted by Crippen LogP contribution is -2.64. The van der Waals surface area contributed by atoms with Crippen molar-refractivity contribution in [3.63, 3.8) is 0 Å². The maximum absolute atomic E-state index is 12.4. The van der Waals surface area contributed by atoms with Gasteiger partial charge in [0.15, 0.2) is 0 Å². The first-order valence-electron chi connectivity index (χ1n) is 6.59. The predicted molar refractivity (Wildman–Crippen MR) is 73.6 cm³/mol. The van der Waals surface area contributed by atoms with Crippen LogP contribution in [-0.2, 0) is 20.8 Å². The number of hydrogen-bond acceptors (Lipinski definition) is 4. The topological polar surface area (TPSA) is 90.3 Å². The highest BCUT2D eigenvalue weighted by molar-refractivity contribution is 6.06. The largest absolute Gasteiger partial charge is 0.342 e. The Morgan fingerprint density at radius 3 is 2.57 bits per heavy atom. The molecule has 2 atom stereocenters. The van der Waals surface area contributed by atoms with E-state index in [4.69, 9.17) is 5.26 Å². The molecule has 1 fully saturated rings. The van der Waals surface area contributed by atoms with Gasteiger partial charge in [-0.15, -0.1) is 0 Å². The summed E-state index contributed by atoms with van der Waals surface area (Å²) in [5, 5.41) is 11.3. The molecule has 1 aliphatic rings. The monoisotopic (exact) mass is 285 g/mol. The third kappa shape index (κ3) is 3.08. The Labute approximate surface area is 122 Å². The van der Waals surface area contributed by atoms with Crippen LogP contribution in [0.1, 0.15) is 18.9 Å². The summed E-state index contributed by atoms with van der Waals surface area (Å²) in [4.78, 5) is 37.0. The maximum atomic E-state index is 12.4. The van der Waals surface area contributed by atoms with Crippen LogP contribution in [0.2, 0.25) is 0 Å². The van der Waals surface area contributed by atoms with Crippen LogP contribution in [0.4, 0.5) is 0 Å². The Kier molecular flexibility index (Phi) is 4.33. The summed E-state index contributed by atoms with van der Waals surface area (Å²) in [6.07, 6.45) is 0.115. The average molecular weight is 285 g/mol. The van der Waals surface area contributed by atoms with Gasteiger partial charge in [0.2, 0.25) is 11.8 Å². The number of imide groups is 1. The fourth-order valence-corrected chi connectivity index (χ4v) is 2.40. The van der Waals surface area contributed by atoms with Gasteiger partial charge in [-0.25, -0.2) is 0 Å². The molecule has 1 saturated heterocycles. The van der Waals surface area contributed by atoms with E-state index in [9.17, 15) is 14.4 Å². The van der Waals surface area contributed by atoms with Crippen molar-refractivity contribution < 1.29 is 14.4 Å². The van der Waals surface area contributed by atoms with E-state index < -0.39 is 29.8 Å². The fourth-order valence-electron chi connectivity index (χ4n) is 2.40. The molecular weight excluding hydrogens is 270 g/mol. The summed E-state index contributed by atoms with van der Waals surface area (Å²) in [6.45, 7) is 1.22. The number of nitrogens with one attached hydrogen (secondary N) is 1. The summed E-state index contributed by atoms with van der Waals surface area (Å²) in [6, 6.07) is 9.24. The molecule has 1 aliphatic heterocycles. The molecule has 0 spiro atoms. The van der Waals surface area contributed by atoms with Crippen LogP contribution in [0.3, 0.4) is 0 Å². The molecule has 6 heteroatoms. The standard InChI is InChI=1S/C15H15N3O3/c1-10(19)18-13(7-8-16)14(20)17-12(15(18)21)9-11-5-3-2-4-6-11/h2-6,12-13H,7,9H2,1H3,(H,17,20). The lowest BCUT2D eigenvalue weighted by molar-refractivity contribution is -0.157. The van der Waals surface area contributed by atoms with Crippen molar-refractivity contribution in [2.24, 2.45) is 0 Å². The van der Waals surface area contributed by atoms with Crippen LogP contribution in [-0.4, -0.2) is 34.7 Å². The zero-order valence-corrected chi connectivity index (χ0v) is 11.6. The van der Waals surface area contributed by atoms with Gasteiger partial charge in [-0.1, -0.05) is 30.3 Å². The second kappa shape index (κ2) is 6.18.